The summed E-state index contributed by atoms with van der Waals surface area (Å²) < 4.78 is 11.6. The maximum absolute atomic E-state index is 12.8. The normalized spacial score (nSPS) is 15.3. The third kappa shape index (κ3) is 3.61. The van der Waals surface area contributed by atoms with Crippen molar-refractivity contribution in [2.75, 3.05) is 16.8 Å². The number of amides is 2. The number of benzene rings is 3. The van der Waals surface area contributed by atoms with E-state index in [1.165, 1.54) is 6.92 Å². The van der Waals surface area contributed by atoms with E-state index in [0.29, 0.717) is 23.0 Å². The van der Waals surface area contributed by atoms with Gasteiger partial charge >= 0.3 is 0 Å². The number of hydrogen-bond donors (Lipinski definition) is 1. The molecular weight excluding hydrogens is 394 g/mol. The number of oxazole rings is 1. The van der Waals surface area contributed by atoms with Crippen LogP contribution in [0.15, 0.2) is 77.2 Å². The van der Waals surface area contributed by atoms with E-state index >= 15 is 0 Å². The largest absolute Gasteiger partial charge is 0.476 e. The zero-order valence-electron chi connectivity index (χ0n) is 16.7. The van der Waals surface area contributed by atoms with E-state index in [2.05, 4.69) is 10.3 Å². The van der Waals surface area contributed by atoms with Crippen LogP contribution in [-0.2, 0) is 9.59 Å². The highest BCUT2D eigenvalue weighted by molar-refractivity contribution is 5.99. The van der Waals surface area contributed by atoms with Crippen LogP contribution in [0.25, 0.3) is 22.6 Å². The number of hydrogen-bond acceptors (Lipinski definition) is 5. The van der Waals surface area contributed by atoms with Crippen molar-refractivity contribution in [3.63, 3.8) is 0 Å². The van der Waals surface area contributed by atoms with Gasteiger partial charge in [0.25, 0.3) is 5.91 Å². The van der Waals surface area contributed by atoms with Crippen LogP contribution in [0.2, 0.25) is 0 Å². The van der Waals surface area contributed by atoms with Crippen LogP contribution in [0.5, 0.6) is 5.75 Å². The molecule has 31 heavy (non-hydrogen) atoms. The lowest BCUT2D eigenvalue weighted by atomic mass is 10.1. The molecule has 7 nitrogen and oxygen atoms in total. The number of nitrogens with one attached hydrogen (secondary N) is 1. The van der Waals surface area contributed by atoms with Gasteiger partial charge in [-0.3, -0.25) is 9.59 Å². The molecule has 1 N–H and O–H groups in total. The number of aromatic nitrogens is 1. The smallest absolute Gasteiger partial charge is 0.267 e. The minimum absolute atomic E-state index is 0.142. The monoisotopic (exact) mass is 413 g/mol. The summed E-state index contributed by atoms with van der Waals surface area (Å²) in [6.45, 7) is 1.63. The maximum Gasteiger partial charge on any atom is 0.267 e. The lowest BCUT2D eigenvalue weighted by molar-refractivity contribution is -0.123. The number of nitrogens with zero attached hydrogens (tertiary/aromatic N) is 2. The highest BCUT2D eigenvalue weighted by Crippen LogP contribution is 2.33. The molecule has 1 atom stereocenters. The molecule has 3 aromatic carbocycles. The van der Waals surface area contributed by atoms with Crippen LogP contribution in [-0.4, -0.2) is 29.4 Å². The molecule has 5 rings (SSSR count). The predicted octanol–water partition coefficient (Wildman–Crippen LogP) is 4.25. The molecule has 0 unspecified atom stereocenters. The Kier molecular flexibility index (Phi) is 4.63. The standard InChI is InChI=1S/C24H19N3O4/c1-15(28)27-14-22(30-21-9-5-3-7-19(21)27)23(29)25-17-12-10-16(11-13-17)24-26-18-6-2-4-8-20(18)31-24/h2-13,22H,14H2,1H3,(H,25,29)/t22-/m1/s1. The Morgan fingerprint density at radius 2 is 1.74 bits per heavy atom. The zero-order valence-corrected chi connectivity index (χ0v) is 16.7. The van der Waals surface area contributed by atoms with Crippen molar-refractivity contribution in [2.24, 2.45) is 0 Å². The first-order valence-electron chi connectivity index (χ1n) is 9.89. The van der Waals surface area contributed by atoms with Gasteiger partial charge in [-0.15, -0.1) is 0 Å². The second kappa shape index (κ2) is 7.60. The highest BCUT2D eigenvalue weighted by atomic mass is 16.5. The Bertz CT molecular complexity index is 1250. The fourth-order valence-electron chi connectivity index (χ4n) is 3.58. The van der Waals surface area contributed by atoms with Gasteiger partial charge in [0.1, 0.15) is 11.3 Å². The summed E-state index contributed by atoms with van der Waals surface area (Å²) in [7, 11) is 0. The molecule has 4 aromatic rings. The topological polar surface area (TPSA) is 84.7 Å². The van der Waals surface area contributed by atoms with Gasteiger partial charge in [0.15, 0.2) is 11.7 Å². The summed E-state index contributed by atoms with van der Waals surface area (Å²) in [6, 6.07) is 22.0. The number of para-hydroxylation sites is 4. The van der Waals surface area contributed by atoms with Gasteiger partial charge in [0.05, 0.1) is 12.2 Å². The molecule has 0 aliphatic carbocycles. The number of anilines is 2. The zero-order chi connectivity index (χ0) is 21.4. The maximum atomic E-state index is 12.8. The molecule has 0 fully saturated rings. The van der Waals surface area contributed by atoms with Crippen molar-refractivity contribution < 1.29 is 18.7 Å². The Balaban J connectivity index is 1.32. The SMILES string of the molecule is CC(=O)N1C[C@H](C(=O)Nc2ccc(-c3nc4ccccc4o3)cc2)Oc2ccccc21. The number of carbonyl (C=O) groups is 2. The summed E-state index contributed by atoms with van der Waals surface area (Å²) in [5.41, 5.74) is 3.60. The van der Waals surface area contributed by atoms with Crippen LogP contribution in [0.1, 0.15) is 6.92 Å². The molecule has 1 aromatic heterocycles. The van der Waals surface area contributed by atoms with Crippen molar-refractivity contribution in [3.8, 4) is 17.2 Å². The van der Waals surface area contributed by atoms with Crippen LogP contribution in [0.4, 0.5) is 11.4 Å². The number of fused-ring (bicyclic) bond motifs is 2. The van der Waals surface area contributed by atoms with Crippen LogP contribution < -0.4 is 15.0 Å². The Morgan fingerprint density at radius 3 is 2.52 bits per heavy atom. The molecule has 154 valence electrons. The van der Waals surface area contributed by atoms with Crippen molar-refractivity contribution in [3.05, 3.63) is 72.8 Å². The predicted molar refractivity (Wildman–Crippen MR) is 117 cm³/mol. The second-order valence-corrected chi connectivity index (χ2v) is 7.26. The second-order valence-electron chi connectivity index (χ2n) is 7.26. The molecule has 0 saturated carbocycles. The molecular formula is C24H19N3O4. The number of carbonyl (C=O) groups excluding carboxylic acids is 2. The lowest BCUT2D eigenvalue weighted by Gasteiger charge is -2.33. The molecule has 0 bridgehead atoms. The van der Waals surface area contributed by atoms with E-state index in [-0.39, 0.29) is 18.4 Å². The van der Waals surface area contributed by atoms with Gasteiger partial charge in [-0.05, 0) is 48.5 Å². The fourth-order valence-corrected chi connectivity index (χ4v) is 3.58. The van der Waals surface area contributed by atoms with E-state index < -0.39 is 6.10 Å². The van der Waals surface area contributed by atoms with Crippen LogP contribution in [0, 0.1) is 0 Å². The first-order valence-corrected chi connectivity index (χ1v) is 9.89. The Labute approximate surface area is 178 Å². The fraction of sp³-hybridized carbons (Fsp3) is 0.125. The van der Waals surface area contributed by atoms with E-state index in [1.54, 1.807) is 29.2 Å². The minimum atomic E-state index is -0.810. The molecule has 1 aliphatic rings. The summed E-state index contributed by atoms with van der Waals surface area (Å²) in [5, 5.41) is 2.85. The minimum Gasteiger partial charge on any atom is -0.476 e. The lowest BCUT2D eigenvalue weighted by Crippen LogP contribution is -2.48. The summed E-state index contributed by atoms with van der Waals surface area (Å²) in [4.78, 5) is 30.9. The van der Waals surface area contributed by atoms with Gasteiger partial charge in [0, 0.05) is 18.2 Å². The van der Waals surface area contributed by atoms with Crippen molar-refractivity contribution >= 4 is 34.3 Å². The highest BCUT2D eigenvalue weighted by Gasteiger charge is 2.32. The van der Waals surface area contributed by atoms with Gasteiger partial charge in [0.2, 0.25) is 11.8 Å². The van der Waals surface area contributed by atoms with Crippen molar-refractivity contribution in [1.29, 1.82) is 0 Å². The molecule has 1 aliphatic heterocycles. The first kappa shape index (κ1) is 18.9. The van der Waals surface area contributed by atoms with Gasteiger partial charge in [-0.2, -0.15) is 0 Å². The molecule has 2 amide bonds. The van der Waals surface area contributed by atoms with Crippen LogP contribution >= 0.6 is 0 Å². The summed E-state index contributed by atoms with van der Waals surface area (Å²) >= 11 is 0. The average Bonchev–Trinajstić information content (AvgIpc) is 3.23. The molecule has 2 heterocycles. The molecule has 0 saturated heterocycles. The van der Waals surface area contributed by atoms with Crippen molar-refractivity contribution in [2.45, 2.75) is 13.0 Å². The Morgan fingerprint density at radius 1 is 1.00 bits per heavy atom. The molecule has 0 radical (unpaired) electrons. The average molecular weight is 413 g/mol. The Hall–Kier alpha value is -4.13. The van der Waals surface area contributed by atoms with Gasteiger partial charge in [-0.1, -0.05) is 24.3 Å². The molecule has 7 heteroatoms. The van der Waals surface area contributed by atoms with Crippen molar-refractivity contribution in [1.82, 2.24) is 4.98 Å². The van der Waals surface area contributed by atoms with Crippen LogP contribution in [0.3, 0.4) is 0 Å². The quantitative estimate of drug-likeness (QED) is 0.543. The van der Waals surface area contributed by atoms with E-state index in [1.807, 2.05) is 48.5 Å². The number of rotatable bonds is 3. The number of ether oxygens (including phenoxy) is 1. The third-order valence-electron chi connectivity index (χ3n) is 5.14. The van der Waals surface area contributed by atoms with E-state index in [0.717, 1.165) is 16.7 Å². The van der Waals surface area contributed by atoms with Gasteiger partial charge in [-0.25, -0.2) is 4.98 Å². The van der Waals surface area contributed by atoms with E-state index in [4.69, 9.17) is 9.15 Å². The third-order valence-corrected chi connectivity index (χ3v) is 5.14. The molecule has 0 spiro atoms. The van der Waals surface area contributed by atoms with E-state index in [9.17, 15) is 9.59 Å². The van der Waals surface area contributed by atoms with Gasteiger partial charge < -0.3 is 19.4 Å². The summed E-state index contributed by atoms with van der Waals surface area (Å²) in [5.74, 6) is 0.561. The first-order chi connectivity index (χ1) is 15.1. The summed E-state index contributed by atoms with van der Waals surface area (Å²) in [6.07, 6.45) is -0.810.